The van der Waals surface area contributed by atoms with E-state index in [1.165, 1.54) is 0 Å². The minimum atomic E-state index is -0.685. The zero-order valence-corrected chi connectivity index (χ0v) is 10.3. The molecule has 6 nitrogen and oxygen atoms in total. The van der Waals surface area contributed by atoms with Crippen LogP contribution in [0.1, 0.15) is 20.3 Å². The molecule has 1 saturated heterocycles. The smallest absolute Gasteiger partial charge is 0.312 e. The molecule has 0 aliphatic carbocycles. The van der Waals surface area contributed by atoms with Gasteiger partial charge in [0.1, 0.15) is 6.04 Å². The number of hydrogen-bond donors (Lipinski definition) is 3. The van der Waals surface area contributed by atoms with Gasteiger partial charge in [-0.3, -0.25) is 4.79 Å². The Labute approximate surface area is 101 Å². The molecule has 1 aliphatic heterocycles. The summed E-state index contributed by atoms with van der Waals surface area (Å²) < 4.78 is 0. The van der Waals surface area contributed by atoms with Crippen LogP contribution in [0.4, 0.5) is 4.79 Å². The molecule has 2 atom stereocenters. The van der Waals surface area contributed by atoms with E-state index >= 15 is 0 Å². The quantitative estimate of drug-likeness (QED) is 0.622. The van der Waals surface area contributed by atoms with Gasteiger partial charge in [-0.1, -0.05) is 13.8 Å². The van der Waals surface area contributed by atoms with Gasteiger partial charge in [0.05, 0.1) is 0 Å². The molecule has 0 bridgehead atoms. The Morgan fingerprint density at radius 3 is 2.59 bits per heavy atom. The molecule has 0 aromatic heterocycles. The summed E-state index contributed by atoms with van der Waals surface area (Å²) in [5.41, 5.74) is 5.06. The molecule has 0 aromatic carbocycles. The number of likely N-dealkylation sites (tertiary alicyclic amines) is 1. The van der Waals surface area contributed by atoms with Gasteiger partial charge in [-0.2, -0.15) is 0 Å². The summed E-state index contributed by atoms with van der Waals surface area (Å²) in [6, 6.07) is -1.26. The molecule has 1 rings (SSSR count). The number of carbonyl (C=O) groups excluding carboxylic acids is 2. The largest absolute Gasteiger partial charge is 0.396 e. The molecule has 0 spiro atoms. The maximum absolute atomic E-state index is 12.2. The highest BCUT2D eigenvalue weighted by Gasteiger charge is 2.32. The van der Waals surface area contributed by atoms with Gasteiger partial charge >= 0.3 is 6.03 Å². The van der Waals surface area contributed by atoms with Crippen molar-refractivity contribution in [1.29, 1.82) is 0 Å². The lowest BCUT2D eigenvalue weighted by atomic mass is 10.0. The molecular formula is C11H21N3O3. The lowest BCUT2D eigenvalue weighted by Crippen LogP contribution is -2.52. The second-order valence-corrected chi connectivity index (χ2v) is 4.85. The van der Waals surface area contributed by atoms with Gasteiger partial charge in [0.2, 0.25) is 5.91 Å². The van der Waals surface area contributed by atoms with Crippen LogP contribution in [0.3, 0.4) is 0 Å². The molecule has 0 radical (unpaired) electrons. The van der Waals surface area contributed by atoms with Gasteiger partial charge in [0.25, 0.3) is 0 Å². The van der Waals surface area contributed by atoms with Crippen LogP contribution < -0.4 is 11.1 Å². The highest BCUT2D eigenvalue weighted by atomic mass is 16.3. The molecule has 98 valence electrons. The third-order valence-corrected chi connectivity index (χ3v) is 3.09. The van der Waals surface area contributed by atoms with Crippen molar-refractivity contribution in [3.05, 3.63) is 0 Å². The second kappa shape index (κ2) is 5.86. The molecule has 1 heterocycles. The number of primary amides is 1. The van der Waals surface area contributed by atoms with E-state index in [2.05, 4.69) is 5.32 Å². The van der Waals surface area contributed by atoms with Crippen molar-refractivity contribution in [2.24, 2.45) is 17.6 Å². The zero-order valence-electron chi connectivity index (χ0n) is 10.3. The number of aliphatic hydroxyl groups excluding tert-OH is 1. The van der Waals surface area contributed by atoms with Crippen LogP contribution in [0.5, 0.6) is 0 Å². The number of aliphatic hydroxyl groups is 1. The van der Waals surface area contributed by atoms with Gasteiger partial charge in [-0.25, -0.2) is 4.79 Å². The van der Waals surface area contributed by atoms with E-state index in [4.69, 9.17) is 10.8 Å². The normalized spacial score (nSPS) is 21.6. The maximum Gasteiger partial charge on any atom is 0.312 e. The van der Waals surface area contributed by atoms with Gasteiger partial charge in [0.15, 0.2) is 0 Å². The van der Waals surface area contributed by atoms with Crippen LogP contribution >= 0.6 is 0 Å². The number of rotatable bonds is 4. The lowest BCUT2D eigenvalue weighted by molar-refractivity contribution is -0.133. The second-order valence-electron chi connectivity index (χ2n) is 4.85. The van der Waals surface area contributed by atoms with Gasteiger partial charge in [-0.05, 0) is 12.3 Å². The number of nitrogens with one attached hydrogen (secondary N) is 1. The zero-order chi connectivity index (χ0) is 13.0. The third-order valence-electron chi connectivity index (χ3n) is 3.09. The number of nitrogens with zero attached hydrogens (tertiary/aromatic N) is 1. The van der Waals surface area contributed by atoms with Gasteiger partial charge in [-0.15, -0.1) is 0 Å². The van der Waals surface area contributed by atoms with E-state index in [-0.39, 0.29) is 24.3 Å². The standard InChI is InChI=1S/C11H21N3O3/c1-7(2)9(13-11(12)17)10(16)14-4-3-8(5-14)6-15/h7-9,15H,3-6H2,1-2H3,(H3,12,13,17). The molecule has 3 amide bonds. The summed E-state index contributed by atoms with van der Waals surface area (Å²) in [5, 5.41) is 11.5. The van der Waals surface area contributed by atoms with Crippen molar-refractivity contribution in [2.45, 2.75) is 26.3 Å². The summed E-state index contributed by atoms with van der Waals surface area (Å²) in [6.07, 6.45) is 0.809. The molecule has 2 unspecified atom stereocenters. The Morgan fingerprint density at radius 1 is 1.53 bits per heavy atom. The minimum absolute atomic E-state index is 0.0109. The molecule has 6 heteroatoms. The monoisotopic (exact) mass is 243 g/mol. The predicted octanol–water partition coefficient (Wildman–Crippen LogP) is -0.480. The number of amides is 3. The topological polar surface area (TPSA) is 95.7 Å². The van der Waals surface area contributed by atoms with Crippen molar-refractivity contribution in [2.75, 3.05) is 19.7 Å². The van der Waals surface area contributed by atoms with Gasteiger partial charge < -0.3 is 21.1 Å². The van der Waals surface area contributed by atoms with Crippen molar-refractivity contribution in [3.8, 4) is 0 Å². The number of urea groups is 1. The number of carbonyl (C=O) groups is 2. The third kappa shape index (κ3) is 3.59. The fourth-order valence-corrected chi connectivity index (χ4v) is 2.05. The SMILES string of the molecule is CC(C)C(NC(N)=O)C(=O)N1CCC(CO)C1. The Bertz CT molecular complexity index is 294. The molecule has 4 N–H and O–H groups in total. The number of nitrogens with two attached hydrogens (primary N) is 1. The average molecular weight is 243 g/mol. The fraction of sp³-hybridized carbons (Fsp3) is 0.818. The average Bonchev–Trinajstić information content (AvgIpc) is 2.72. The molecule has 0 aromatic rings. The number of hydrogen-bond acceptors (Lipinski definition) is 3. The van der Waals surface area contributed by atoms with Gasteiger partial charge in [0, 0.05) is 25.6 Å². The van der Waals surface area contributed by atoms with Crippen molar-refractivity contribution >= 4 is 11.9 Å². The van der Waals surface area contributed by atoms with Crippen LogP contribution in [0.25, 0.3) is 0 Å². The molecular weight excluding hydrogens is 222 g/mol. The van der Waals surface area contributed by atoms with E-state index in [0.29, 0.717) is 13.1 Å². The van der Waals surface area contributed by atoms with Crippen molar-refractivity contribution in [1.82, 2.24) is 10.2 Å². The summed E-state index contributed by atoms with van der Waals surface area (Å²) >= 11 is 0. The molecule has 1 aliphatic rings. The molecule has 17 heavy (non-hydrogen) atoms. The maximum atomic E-state index is 12.2. The van der Waals surface area contributed by atoms with Crippen LogP contribution in [-0.2, 0) is 4.79 Å². The van der Waals surface area contributed by atoms with E-state index in [1.807, 2.05) is 13.8 Å². The Morgan fingerprint density at radius 2 is 2.18 bits per heavy atom. The lowest BCUT2D eigenvalue weighted by Gasteiger charge is -2.26. The highest BCUT2D eigenvalue weighted by Crippen LogP contribution is 2.18. The Hall–Kier alpha value is -1.30. The Kier molecular flexibility index (Phi) is 4.74. The first kappa shape index (κ1) is 13.8. The summed E-state index contributed by atoms with van der Waals surface area (Å²) in [7, 11) is 0. The van der Waals surface area contributed by atoms with Crippen LogP contribution in [-0.4, -0.2) is 47.7 Å². The first-order valence-electron chi connectivity index (χ1n) is 5.91. The van der Waals surface area contributed by atoms with E-state index in [1.54, 1.807) is 4.90 Å². The highest BCUT2D eigenvalue weighted by molar-refractivity contribution is 5.87. The van der Waals surface area contributed by atoms with Crippen LogP contribution in [0.15, 0.2) is 0 Å². The summed E-state index contributed by atoms with van der Waals surface area (Å²) in [4.78, 5) is 24.7. The van der Waals surface area contributed by atoms with Crippen LogP contribution in [0.2, 0.25) is 0 Å². The predicted molar refractivity (Wildman–Crippen MR) is 63.1 cm³/mol. The summed E-state index contributed by atoms with van der Waals surface area (Å²) in [6.45, 7) is 5.00. The van der Waals surface area contributed by atoms with E-state index in [9.17, 15) is 9.59 Å². The van der Waals surface area contributed by atoms with E-state index in [0.717, 1.165) is 6.42 Å². The fourth-order valence-electron chi connectivity index (χ4n) is 2.05. The van der Waals surface area contributed by atoms with Crippen molar-refractivity contribution in [3.63, 3.8) is 0 Å². The van der Waals surface area contributed by atoms with Crippen molar-refractivity contribution < 1.29 is 14.7 Å². The molecule has 1 fully saturated rings. The molecule has 0 saturated carbocycles. The first-order valence-corrected chi connectivity index (χ1v) is 5.91. The van der Waals surface area contributed by atoms with E-state index < -0.39 is 12.1 Å². The minimum Gasteiger partial charge on any atom is -0.396 e. The summed E-state index contributed by atoms with van der Waals surface area (Å²) in [5.74, 6) is 0.0262. The first-order chi connectivity index (χ1) is 7.95. The van der Waals surface area contributed by atoms with Crippen LogP contribution in [0, 0.1) is 11.8 Å². The Balaban J connectivity index is 2.62.